The van der Waals surface area contributed by atoms with E-state index in [0.29, 0.717) is 0 Å². The van der Waals surface area contributed by atoms with Crippen LogP contribution in [0.15, 0.2) is 54.7 Å². The number of hydrogen-bond acceptors (Lipinski definition) is 2. The molecule has 2 aromatic carbocycles. The fraction of sp³-hybridized carbons (Fsp3) is 0.259. The molecule has 156 valence electrons. The molecule has 3 aromatic heterocycles. The standard InChI is InChI=1S/C27H28N4/c1-17-15-18(2)24(19(3)16-17)25-21(5)29-31-26(25)28-20(4)23-12-14-30(27(23)31)13-11-22-9-7-6-8-10-22/h6-10,12,14-16H,11,13H2,1-5H3. The van der Waals surface area contributed by atoms with Gasteiger partial charge in [0.05, 0.1) is 17.0 Å². The van der Waals surface area contributed by atoms with E-state index in [1.54, 1.807) is 0 Å². The number of hydrogen-bond donors (Lipinski definition) is 0. The van der Waals surface area contributed by atoms with E-state index < -0.39 is 0 Å². The molecule has 0 saturated heterocycles. The zero-order chi connectivity index (χ0) is 21.7. The van der Waals surface area contributed by atoms with E-state index in [9.17, 15) is 0 Å². The summed E-state index contributed by atoms with van der Waals surface area (Å²) in [5.74, 6) is 0. The van der Waals surface area contributed by atoms with Crippen LogP contribution in [-0.2, 0) is 13.0 Å². The van der Waals surface area contributed by atoms with E-state index in [1.807, 2.05) is 0 Å². The summed E-state index contributed by atoms with van der Waals surface area (Å²) in [5.41, 5.74) is 11.7. The van der Waals surface area contributed by atoms with Crippen LogP contribution in [0.2, 0.25) is 0 Å². The molecule has 0 radical (unpaired) electrons. The Morgan fingerprint density at radius 3 is 2.23 bits per heavy atom. The van der Waals surface area contributed by atoms with Crippen LogP contribution in [0.25, 0.3) is 27.8 Å². The van der Waals surface area contributed by atoms with Gasteiger partial charge < -0.3 is 4.57 Å². The molecule has 3 heterocycles. The van der Waals surface area contributed by atoms with Gasteiger partial charge in [-0.1, -0.05) is 48.0 Å². The van der Waals surface area contributed by atoms with Gasteiger partial charge in [-0.3, -0.25) is 0 Å². The van der Waals surface area contributed by atoms with Gasteiger partial charge in [0.2, 0.25) is 0 Å². The van der Waals surface area contributed by atoms with Crippen molar-refractivity contribution in [3.05, 3.63) is 88.4 Å². The number of nitrogens with zero attached hydrogens (tertiary/aromatic N) is 4. The fourth-order valence-corrected chi connectivity index (χ4v) is 4.91. The Labute approximate surface area is 183 Å². The predicted octanol–water partition coefficient (Wildman–Crippen LogP) is 6.14. The van der Waals surface area contributed by atoms with Crippen LogP contribution in [0.5, 0.6) is 0 Å². The van der Waals surface area contributed by atoms with Gasteiger partial charge >= 0.3 is 0 Å². The highest BCUT2D eigenvalue weighted by atomic mass is 15.3. The van der Waals surface area contributed by atoms with E-state index in [1.165, 1.54) is 27.8 Å². The molecule has 0 spiro atoms. The van der Waals surface area contributed by atoms with Gasteiger partial charge in [0.1, 0.15) is 5.65 Å². The molecule has 0 fully saturated rings. The van der Waals surface area contributed by atoms with Crippen LogP contribution in [0, 0.1) is 34.6 Å². The predicted molar refractivity (Wildman–Crippen MR) is 128 cm³/mol. The van der Waals surface area contributed by atoms with E-state index in [-0.39, 0.29) is 0 Å². The van der Waals surface area contributed by atoms with Crippen LogP contribution < -0.4 is 0 Å². The largest absolute Gasteiger partial charge is 0.332 e. The van der Waals surface area contributed by atoms with Gasteiger partial charge in [-0.15, -0.1) is 0 Å². The molecule has 0 unspecified atom stereocenters. The highest BCUT2D eigenvalue weighted by molar-refractivity contribution is 5.89. The maximum atomic E-state index is 5.02. The van der Waals surface area contributed by atoms with E-state index in [4.69, 9.17) is 10.1 Å². The van der Waals surface area contributed by atoms with Crippen LogP contribution >= 0.6 is 0 Å². The monoisotopic (exact) mass is 408 g/mol. The van der Waals surface area contributed by atoms with Gasteiger partial charge in [-0.25, -0.2) is 4.98 Å². The van der Waals surface area contributed by atoms with Gasteiger partial charge in [0.15, 0.2) is 5.65 Å². The van der Waals surface area contributed by atoms with Crippen molar-refractivity contribution in [2.75, 3.05) is 0 Å². The Hall–Kier alpha value is -3.40. The summed E-state index contributed by atoms with van der Waals surface area (Å²) in [4.78, 5) is 5.02. The molecule has 0 aliphatic rings. The molecule has 0 aliphatic heterocycles. The lowest BCUT2D eigenvalue weighted by molar-refractivity contribution is 0.704. The topological polar surface area (TPSA) is 35.1 Å². The molecule has 5 aromatic rings. The van der Waals surface area contributed by atoms with Crippen LogP contribution in [0.1, 0.15) is 33.6 Å². The Bertz CT molecular complexity index is 1400. The molecular weight excluding hydrogens is 380 g/mol. The second-order valence-corrected chi connectivity index (χ2v) is 8.65. The third kappa shape index (κ3) is 3.23. The first-order valence-electron chi connectivity index (χ1n) is 10.9. The summed E-state index contributed by atoms with van der Waals surface area (Å²) in [6.07, 6.45) is 3.15. The first kappa shape index (κ1) is 19.6. The summed E-state index contributed by atoms with van der Waals surface area (Å²) in [5, 5.41) is 6.14. The van der Waals surface area contributed by atoms with Crippen molar-refractivity contribution >= 4 is 16.7 Å². The lowest BCUT2D eigenvalue weighted by Gasteiger charge is -2.12. The summed E-state index contributed by atoms with van der Waals surface area (Å²) in [6, 6.07) is 17.3. The number of aryl methyl sites for hydroxylation is 7. The number of fused-ring (bicyclic) bond motifs is 3. The third-order valence-corrected chi connectivity index (χ3v) is 6.25. The maximum Gasteiger partial charge on any atom is 0.165 e. The molecule has 0 N–H and O–H groups in total. The van der Waals surface area contributed by atoms with Gasteiger partial charge in [0.25, 0.3) is 0 Å². The second kappa shape index (κ2) is 7.38. The Kier molecular flexibility index (Phi) is 4.66. The molecule has 0 amide bonds. The zero-order valence-electron chi connectivity index (χ0n) is 18.9. The van der Waals surface area contributed by atoms with Crippen molar-refractivity contribution in [3.63, 3.8) is 0 Å². The second-order valence-electron chi connectivity index (χ2n) is 8.65. The molecule has 0 saturated carbocycles. The minimum atomic E-state index is 0.906. The third-order valence-electron chi connectivity index (χ3n) is 6.25. The minimum absolute atomic E-state index is 0.906. The van der Waals surface area contributed by atoms with E-state index in [2.05, 4.69) is 98.4 Å². The van der Waals surface area contributed by atoms with Crippen molar-refractivity contribution in [3.8, 4) is 11.1 Å². The summed E-state index contributed by atoms with van der Waals surface area (Å²) < 4.78 is 4.37. The Morgan fingerprint density at radius 1 is 0.806 bits per heavy atom. The molecule has 5 rings (SSSR count). The van der Waals surface area contributed by atoms with E-state index >= 15 is 0 Å². The SMILES string of the molecule is Cc1cc(C)c(-c2c(C)nn3c2nc(C)c2ccn(CCc4ccccc4)c23)c(C)c1. The van der Waals surface area contributed by atoms with Crippen molar-refractivity contribution in [2.24, 2.45) is 0 Å². The lowest BCUT2D eigenvalue weighted by atomic mass is 9.94. The van der Waals surface area contributed by atoms with E-state index in [0.717, 1.165) is 46.6 Å². The van der Waals surface area contributed by atoms with Crippen molar-refractivity contribution in [1.29, 1.82) is 0 Å². The normalized spacial score (nSPS) is 11.6. The summed E-state index contributed by atoms with van der Waals surface area (Å²) >= 11 is 0. The molecule has 0 atom stereocenters. The fourth-order valence-electron chi connectivity index (χ4n) is 4.91. The summed E-state index contributed by atoms with van der Waals surface area (Å²) in [6.45, 7) is 11.6. The molecule has 4 nitrogen and oxygen atoms in total. The Morgan fingerprint density at radius 2 is 1.52 bits per heavy atom. The van der Waals surface area contributed by atoms with Crippen molar-refractivity contribution in [1.82, 2.24) is 19.2 Å². The average Bonchev–Trinajstić information content (AvgIpc) is 3.29. The van der Waals surface area contributed by atoms with Crippen molar-refractivity contribution < 1.29 is 0 Å². The average molecular weight is 409 g/mol. The number of aromatic nitrogens is 4. The van der Waals surface area contributed by atoms with Gasteiger partial charge in [0, 0.05) is 18.1 Å². The highest BCUT2D eigenvalue weighted by Crippen LogP contribution is 2.35. The molecule has 0 bridgehead atoms. The quantitative estimate of drug-likeness (QED) is 0.358. The zero-order valence-corrected chi connectivity index (χ0v) is 18.9. The molecule has 4 heteroatoms. The highest BCUT2D eigenvalue weighted by Gasteiger charge is 2.21. The van der Waals surface area contributed by atoms with Crippen molar-refractivity contribution in [2.45, 2.75) is 47.6 Å². The maximum absolute atomic E-state index is 5.02. The molecular formula is C27H28N4. The smallest absolute Gasteiger partial charge is 0.165 e. The number of benzene rings is 2. The van der Waals surface area contributed by atoms with Crippen LogP contribution in [-0.4, -0.2) is 19.2 Å². The van der Waals surface area contributed by atoms with Crippen LogP contribution in [0.4, 0.5) is 0 Å². The first-order valence-corrected chi connectivity index (χ1v) is 10.9. The molecule has 0 aliphatic carbocycles. The summed E-state index contributed by atoms with van der Waals surface area (Å²) in [7, 11) is 0. The van der Waals surface area contributed by atoms with Gasteiger partial charge in [-0.05, 0) is 69.4 Å². The first-order chi connectivity index (χ1) is 14.9. The van der Waals surface area contributed by atoms with Crippen LogP contribution in [0.3, 0.4) is 0 Å². The lowest BCUT2D eigenvalue weighted by Crippen LogP contribution is -2.05. The number of rotatable bonds is 4. The minimum Gasteiger partial charge on any atom is -0.332 e. The Balaban J connectivity index is 1.71. The molecule has 31 heavy (non-hydrogen) atoms. The van der Waals surface area contributed by atoms with Gasteiger partial charge in [-0.2, -0.15) is 9.61 Å².